The molecule has 0 saturated carbocycles. The molecule has 0 aromatic heterocycles. The van der Waals surface area contributed by atoms with Crippen molar-refractivity contribution in [2.75, 3.05) is 40.5 Å². The normalized spacial score (nSPS) is 15.9. The van der Waals surface area contributed by atoms with Crippen molar-refractivity contribution >= 4 is 21.9 Å². The summed E-state index contributed by atoms with van der Waals surface area (Å²) in [5.74, 6) is -1.10. The van der Waals surface area contributed by atoms with Crippen LogP contribution in [-0.2, 0) is 24.3 Å². The predicted molar refractivity (Wildman–Crippen MR) is 96.1 cm³/mol. The van der Waals surface area contributed by atoms with E-state index < -0.39 is 27.4 Å². The maximum Gasteiger partial charge on any atom is 0.330 e. The number of ether oxygens (including phenoxy) is 3. The lowest BCUT2D eigenvalue weighted by Crippen LogP contribution is -2.50. The van der Waals surface area contributed by atoms with Gasteiger partial charge in [0.15, 0.2) is 0 Å². The quantitative estimate of drug-likeness (QED) is 0.688. The zero-order chi connectivity index (χ0) is 20.2. The Hall–Kier alpha value is -2.17. The average Bonchev–Trinajstić information content (AvgIpc) is 2.66. The van der Waals surface area contributed by atoms with E-state index in [1.54, 1.807) is 0 Å². The smallest absolute Gasteiger partial charge is 0.330 e. The minimum absolute atomic E-state index is 0.0830. The summed E-state index contributed by atoms with van der Waals surface area (Å²) in [4.78, 5) is 24.2. The summed E-state index contributed by atoms with van der Waals surface area (Å²) in [5, 5.41) is 2.54. The number of nitrogens with one attached hydrogen (secondary N) is 1. The van der Waals surface area contributed by atoms with Crippen LogP contribution in [0, 0.1) is 0 Å². The fourth-order valence-electron chi connectivity index (χ4n) is 2.61. The molecule has 0 radical (unpaired) electrons. The second-order valence-corrected chi connectivity index (χ2v) is 8.36. The van der Waals surface area contributed by atoms with Crippen LogP contribution in [0.4, 0.5) is 0 Å². The molecule has 2 rings (SSSR count). The average molecular weight is 400 g/mol. The van der Waals surface area contributed by atoms with E-state index in [-0.39, 0.29) is 29.3 Å². The number of hydrogen-bond acceptors (Lipinski definition) is 7. The highest BCUT2D eigenvalue weighted by Crippen LogP contribution is 2.28. The SMILES string of the molecule is COC(=O)C(C)(C)NC(=O)c1ccc(OC)c(S(=O)(=O)N2CCOCC2)c1. The van der Waals surface area contributed by atoms with Crippen LogP contribution in [-0.4, -0.2) is 70.7 Å². The first-order valence-corrected chi connectivity index (χ1v) is 9.74. The van der Waals surface area contributed by atoms with Gasteiger partial charge in [-0.3, -0.25) is 4.79 Å². The van der Waals surface area contributed by atoms with Gasteiger partial charge in [-0.05, 0) is 32.0 Å². The van der Waals surface area contributed by atoms with E-state index in [1.807, 2.05) is 0 Å². The number of rotatable bonds is 6. The summed E-state index contributed by atoms with van der Waals surface area (Å²) >= 11 is 0. The molecule has 1 fully saturated rings. The lowest BCUT2D eigenvalue weighted by Gasteiger charge is -2.27. The van der Waals surface area contributed by atoms with Crippen LogP contribution >= 0.6 is 0 Å². The molecular weight excluding hydrogens is 376 g/mol. The second-order valence-electron chi connectivity index (χ2n) is 6.45. The van der Waals surface area contributed by atoms with Crippen LogP contribution < -0.4 is 10.1 Å². The molecule has 27 heavy (non-hydrogen) atoms. The highest BCUT2D eigenvalue weighted by Gasteiger charge is 2.33. The molecule has 0 aliphatic carbocycles. The van der Waals surface area contributed by atoms with E-state index in [0.29, 0.717) is 13.2 Å². The second kappa shape index (κ2) is 8.24. The first-order chi connectivity index (χ1) is 12.6. The van der Waals surface area contributed by atoms with E-state index in [4.69, 9.17) is 9.47 Å². The summed E-state index contributed by atoms with van der Waals surface area (Å²) in [7, 11) is -1.29. The summed E-state index contributed by atoms with van der Waals surface area (Å²) in [5.41, 5.74) is -1.19. The Balaban J connectivity index is 2.37. The van der Waals surface area contributed by atoms with Crippen molar-refractivity contribution in [3.8, 4) is 5.75 Å². The van der Waals surface area contributed by atoms with Gasteiger partial charge in [-0.2, -0.15) is 4.31 Å². The van der Waals surface area contributed by atoms with Gasteiger partial charge in [0, 0.05) is 18.7 Å². The molecule has 0 bridgehead atoms. The van der Waals surface area contributed by atoms with Crippen LogP contribution in [0.25, 0.3) is 0 Å². The fourth-order valence-corrected chi connectivity index (χ4v) is 4.20. The third kappa shape index (κ3) is 4.57. The third-order valence-corrected chi connectivity index (χ3v) is 6.06. The molecular formula is C17H24N2O7S. The number of carbonyl (C=O) groups is 2. The van der Waals surface area contributed by atoms with Crippen molar-refractivity contribution in [1.82, 2.24) is 9.62 Å². The Kier molecular flexibility index (Phi) is 6.45. The van der Waals surface area contributed by atoms with Crippen molar-refractivity contribution in [1.29, 1.82) is 0 Å². The van der Waals surface area contributed by atoms with Crippen LogP contribution in [0.5, 0.6) is 5.75 Å². The standard InChI is InChI=1S/C17H24N2O7S/c1-17(2,16(21)25-4)18-15(20)12-5-6-13(24-3)14(11-12)27(22,23)19-7-9-26-10-8-19/h5-6,11H,7-10H2,1-4H3,(H,18,20). The molecule has 1 amide bonds. The minimum Gasteiger partial charge on any atom is -0.495 e. The topological polar surface area (TPSA) is 111 Å². The molecule has 1 N–H and O–H groups in total. The van der Waals surface area contributed by atoms with Gasteiger partial charge in [-0.25, -0.2) is 13.2 Å². The molecule has 0 unspecified atom stereocenters. The Morgan fingerprint density at radius 1 is 1.19 bits per heavy atom. The molecule has 150 valence electrons. The predicted octanol–water partition coefficient (Wildman–Crippen LogP) is 0.398. The number of nitrogens with zero attached hydrogens (tertiary/aromatic N) is 1. The molecule has 1 aliphatic rings. The van der Waals surface area contributed by atoms with Gasteiger partial charge >= 0.3 is 5.97 Å². The van der Waals surface area contributed by atoms with Crippen molar-refractivity contribution in [3.05, 3.63) is 23.8 Å². The van der Waals surface area contributed by atoms with Crippen molar-refractivity contribution < 1.29 is 32.2 Å². The van der Waals surface area contributed by atoms with Crippen LogP contribution in [0.3, 0.4) is 0 Å². The number of sulfonamides is 1. The highest BCUT2D eigenvalue weighted by molar-refractivity contribution is 7.89. The zero-order valence-corrected chi connectivity index (χ0v) is 16.6. The zero-order valence-electron chi connectivity index (χ0n) is 15.8. The number of carbonyl (C=O) groups excluding carboxylic acids is 2. The van der Waals surface area contributed by atoms with Crippen LogP contribution in [0.1, 0.15) is 24.2 Å². The summed E-state index contributed by atoms with van der Waals surface area (Å²) < 4.78 is 42.2. The van der Waals surface area contributed by atoms with Gasteiger partial charge in [0.05, 0.1) is 27.4 Å². The molecule has 1 aromatic rings. The lowest BCUT2D eigenvalue weighted by molar-refractivity contribution is -0.146. The molecule has 1 heterocycles. The van der Waals surface area contributed by atoms with E-state index >= 15 is 0 Å². The number of hydrogen-bond donors (Lipinski definition) is 1. The molecule has 1 aliphatic heterocycles. The van der Waals surface area contributed by atoms with Crippen LogP contribution in [0.15, 0.2) is 23.1 Å². The van der Waals surface area contributed by atoms with E-state index in [2.05, 4.69) is 10.1 Å². The van der Waals surface area contributed by atoms with Gasteiger partial charge in [0.2, 0.25) is 10.0 Å². The van der Waals surface area contributed by atoms with Gasteiger partial charge in [0.1, 0.15) is 16.2 Å². The van der Waals surface area contributed by atoms with Gasteiger partial charge in [0.25, 0.3) is 5.91 Å². The molecule has 0 spiro atoms. The summed E-state index contributed by atoms with van der Waals surface area (Å²) in [6, 6.07) is 4.08. The van der Waals surface area contributed by atoms with Gasteiger partial charge < -0.3 is 19.5 Å². The lowest BCUT2D eigenvalue weighted by atomic mass is 10.1. The maximum absolute atomic E-state index is 13.0. The third-order valence-electron chi connectivity index (χ3n) is 4.14. The summed E-state index contributed by atoms with van der Waals surface area (Å²) in [6.45, 7) is 4.02. The van der Waals surface area contributed by atoms with Gasteiger partial charge in [-0.15, -0.1) is 0 Å². The molecule has 0 atom stereocenters. The number of methoxy groups -OCH3 is 2. The number of amides is 1. The largest absolute Gasteiger partial charge is 0.495 e. The molecule has 9 nitrogen and oxygen atoms in total. The Bertz CT molecular complexity index is 815. The highest BCUT2D eigenvalue weighted by atomic mass is 32.2. The Morgan fingerprint density at radius 2 is 1.81 bits per heavy atom. The number of morpholine rings is 1. The Labute approximate surface area is 158 Å². The minimum atomic E-state index is -3.87. The monoisotopic (exact) mass is 400 g/mol. The number of esters is 1. The number of benzene rings is 1. The fraction of sp³-hybridized carbons (Fsp3) is 0.529. The van der Waals surface area contributed by atoms with Crippen molar-refractivity contribution in [3.63, 3.8) is 0 Å². The van der Waals surface area contributed by atoms with E-state index in [1.165, 1.54) is 50.6 Å². The first-order valence-electron chi connectivity index (χ1n) is 8.30. The maximum atomic E-state index is 13.0. The van der Waals surface area contributed by atoms with E-state index in [0.717, 1.165) is 0 Å². The van der Waals surface area contributed by atoms with Crippen LogP contribution in [0.2, 0.25) is 0 Å². The van der Waals surface area contributed by atoms with Gasteiger partial charge in [-0.1, -0.05) is 0 Å². The summed E-state index contributed by atoms with van der Waals surface area (Å²) in [6.07, 6.45) is 0. The molecule has 1 saturated heterocycles. The molecule has 1 aromatic carbocycles. The van der Waals surface area contributed by atoms with Crippen molar-refractivity contribution in [2.24, 2.45) is 0 Å². The van der Waals surface area contributed by atoms with E-state index in [9.17, 15) is 18.0 Å². The van der Waals surface area contributed by atoms with Crippen molar-refractivity contribution in [2.45, 2.75) is 24.3 Å². The molecule has 10 heteroatoms. The first kappa shape index (κ1) is 21.1. The Morgan fingerprint density at radius 3 is 2.37 bits per heavy atom.